The third-order valence-corrected chi connectivity index (χ3v) is 5.92. The van der Waals surface area contributed by atoms with Crippen molar-refractivity contribution in [3.05, 3.63) is 65.2 Å². The van der Waals surface area contributed by atoms with Gasteiger partial charge in [-0.15, -0.1) is 11.3 Å². The average Bonchev–Trinajstić information content (AvgIpc) is 3.38. The lowest BCUT2D eigenvalue weighted by Gasteiger charge is -2.31. The second kappa shape index (κ2) is 7.98. The van der Waals surface area contributed by atoms with Crippen LogP contribution in [0, 0.1) is 5.92 Å². The standard InChI is InChI=1S/C21H22N4O2S/c22-20(26)16-8-4-10-24(13-16)21(27)17-14-25(12-15-6-2-1-3-7-15)23-19(17)18-9-5-11-28-18/h1-3,5-7,9,11,14,16H,4,8,10,12-13H2,(H2,22,26)/t16-/m0/s1. The lowest BCUT2D eigenvalue weighted by Crippen LogP contribution is -2.44. The molecule has 0 radical (unpaired) electrons. The Labute approximate surface area is 167 Å². The normalized spacial score (nSPS) is 16.9. The highest BCUT2D eigenvalue weighted by atomic mass is 32.1. The predicted molar refractivity (Wildman–Crippen MR) is 109 cm³/mol. The van der Waals surface area contributed by atoms with E-state index in [0.717, 1.165) is 23.3 Å². The van der Waals surface area contributed by atoms with E-state index in [-0.39, 0.29) is 17.7 Å². The zero-order valence-corrected chi connectivity index (χ0v) is 16.3. The molecule has 0 spiro atoms. The second-order valence-electron chi connectivity index (χ2n) is 7.04. The van der Waals surface area contributed by atoms with Gasteiger partial charge in [-0.05, 0) is 29.9 Å². The number of thiophene rings is 1. The number of benzene rings is 1. The van der Waals surface area contributed by atoms with Crippen molar-refractivity contribution in [3.63, 3.8) is 0 Å². The molecule has 2 aromatic heterocycles. The Balaban J connectivity index is 1.65. The van der Waals surface area contributed by atoms with Crippen molar-refractivity contribution in [2.75, 3.05) is 13.1 Å². The molecule has 1 aliphatic rings. The summed E-state index contributed by atoms with van der Waals surface area (Å²) in [5, 5.41) is 6.68. The van der Waals surface area contributed by atoms with Gasteiger partial charge in [0.1, 0.15) is 5.69 Å². The summed E-state index contributed by atoms with van der Waals surface area (Å²) >= 11 is 1.56. The van der Waals surface area contributed by atoms with Gasteiger partial charge in [0.25, 0.3) is 5.91 Å². The Kier molecular flexibility index (Phi) is 5.25. The first kappa shape index (κ1) is 18.4. The number of hydrogen-bond acceptors (Lipinski definition) is 4. The van der Waals surface area contributed by atoms with E-state index < -0.39 is 0 Å². The SMILES string of the molecule is NC(=O)[C@H]1CCCN(C(=O)c2cn(Cc3ccccc3)nc2-c2cccs2)C1. The van der Waals surface area contributed by atoms with Crippen molar-refractivity contribution >= 4 is 23.2 Å². The summed E-state index contributed by atoms with van der Waals surface area (Å²) in [6, 6.07) is 14.0. The van der Waals surface area contributed by atoms with E-state index in [1.165, 1.54) is 0 Å². The van der Waals surface area contributed by atoms with Crippen LogP contribution in [0.1, 0.15) is 28.8 Å². The Morgan fingerprint density at radius 2 is 2.00 bits per heavy atom. The minimum Gasteiger partial charge on any atom is -0.369 e. The number of primary amides is 1. The van der Waals surface area contributed by atoms with Gasteiger partial charge in [0.05, 0.1) is 22.9 Å². The highest BCUT2D eigenvalue weighted by molar-refractivity contribution is 7.13. The number of hydrogen-bond donors (Lipinski definition) is 1. The molecule has 3 heterocycles. The summed E-state index contributed by atoms with van der Waals surface area (Å²) in [6.45, 7) is 1.61. The van der Waals surface area contributed by atoms with Crippen LogP contribution in [-0.2, 0) is 11.3 Å². The second-order valence-corrected chi connectivity index (χ2v) is 7.99. The van der Waals surface area contributed by atoms with E-state index in [1.54, 1.807) is 16.2 Å². The highest BCUT2D eigenvalue weighted by Gasteiger charge is 2.30. The topological polar surface area (TPSA) is 81.2 Å². The quantitative estimate of drug-likeness (QED) is 0.722. The molecule has 2 amide bonds. The molecule has 2 N–H and O–H groups in total. The average molecular weight is 395 g/mol. The van der Waals surface area contributed by atoms with Gasteiger partial charge in [0, 0.05) is 19.3 Å². The van der Waals surface area contributed by atoms with E-state index in [2.05, 4.69) is 0 Å². The van der Waals surface area contributed by atoms with Crippen molar-refractivity contribution in [3.8, 4) is 10.6 Å². The van der Waals surface area contributed by atoms with Gasteiger partial charge in [-0.2, -0.15) is 5.10 Å². The third kappa shape index (κ3) is 3.84. The Morgan fingerprint density at radius 1 is 1.18 bits per heavy atom. The van der Waals surface area contributed by atoms with Crippen LogP contribution >= 0.6 is 11.3 Å². The van der Waals surface area contributed by atoms with Crippen LogP contribution in [0.2, 0.25) is 0 Å². The van der Waals surface area contributed by atoms with E-state index in [1.807, 2.05) is 58.7 Å². The molecule has 1 aromatic carbocycles. The van der Waals surface area contributed by atoms with Crippen molar-refractivity contribution in [1.29, 1.82) is 0 Å². The number of nitrogens with two attached hydrogens (primary N) is 1. The van der Waals surface area contributed by atoms with E-state index in [9.17, 15) is 9.59 Å². The van der Waals surface area contributed by atoms with Crippen LogP contribution in [0.5, 0.6) is 0 Å². The third-order valence-electron chi connectivity index (χ3n) is 5.05. The summed E-state index contributed by atoms with van der Waals surface area (Å²) in [4.78, 5) is 27.6. The smallest absolute Gasteiger partial charge is 0.257 e. The number of nitrogens with zero attached hydrogens (tertiary/aromatic N) is 3. The molecule has 1 fully saturated rings. The van der Waals surface area contributed by atoms with Gasteiger partial charge in [0.2, 0.25) is 5.91 Å². The molecule has 6 nitrogen and oxygen atoms in total. The molecule has 1 aliphatic heterocycles. The van der Waals surface area contributed by atoms with E-state index >= 15 is 0 Å². The van der Waals surface area contributed by atoms with Crippen molar-refractivity contribution in [2.24, 2.45) is 11.7 Å². The number of carbonyl (C=O) groups excluding carboxylic acids is 2. The molecular weight excluding hydrogens is 372 g/mol. The van der Waals surface area contributed by atoms with Crippen LogP contribution in [0.4, 0.5) is 0 Å². The largest absolute Gasteiger partial charge is 0.369 e. The van der Waals surface area contributed by atoms with Gasteiger partial charge < -0.3 is 10.6 Å². The van der Waals surface area contributed by atoms with Crippen molar-refractivity contribution in [2.45, 2.75) is 19.4 Å². The molecule has 0 bridgehead atoms. The zero-order chi connectivity index (χ0) is 19.5. The molecule has 1 saturated heterocycles. The predicted octanol–water partition coefficient (Wildman–Crippen LogP) is 3.00. The number of amides is 2. The van der Waals surface area contributed by atoms with Crippen molar-refractivity contribution < 1.29 is 9.59 Å². The molecule has 1 atom stereocenters. The van der Waals surface area contributed by atoms with Gasteiger partial charge >= 0.3 is 0 Å². The molecule has 3 aromatic rings. The summed E-state index contributed by atoms with van der Waals surface area (Å²) in [7, 11) is 0. The van der Waals surface area contributed by atoms with E-state index in [0.29, 0.717) is 30.9 Å². The maximum atomic E-state index is 13.3. The molecule has 7 heteroatoms. The lowest BCUT2D eigenvalue weighted by atomic mass is 9.97. The maximum absolute atomic E-state index is 13.3. The number of rotatable bonds is 5. The van der Waals surface area contributed by atoms with Crippen LogP contribution in [-0.4, -0.2) is 39.6 Å². The fourth-order valence-corrected chi connectivity index (χ4v) is 4.31. The zero-order valence-electron chi connectivity index (χ0n) is 15.5. The first-order valence-corrected chi connectivity index (χ1v) is 10.2. The van der Waals surface area contributed by atoms with Gasteiger partial charge in [-0.25, -0.2) is 0 Å². The van der Waals surface area contributed by atoms with Gasteiger partial charge in [0.15, 0.2) is 0 Å². The van der Waals surface area contributed by atoms with Crippen LogP contribution in [0.15, 0.2) is 54.0 Å². The minimum absolute atomic E-state index is 0.0892. The molecule has 4 rings (SSSR count). The van der Waals surface area contributed by atoms with Gasteiger partial charge in [-0.3, -0.25) is 14.3 Å². The number of aromatic nitrogens is 2. The molecule has 0 saturated carbocycles. The van der Waals surface area contributed by atoms with Crippen LogP contribution < -0.4 is 5.73 Å². The summed E-state index contributed by atoms with van der Waals surface area (Å²) in [5.74, 6) is -0.702. The fourth-order valence-electron chi connectivity index (χ4n) is 3.59. The number of likely N-dealkylation sites (tertiary alicyclic amines) is 1. The Hall–Kier alpha value is -2.93. The van der Waals surface area contributed by atoms with Gasteiger partial charge in [-0.1, -0.05) is 36.4 Å². The first-order valence-electron chi connectivity index (χ1n) is 9.35. The lowest BCUT2D eigenvalue weighted by molar-refractivity contribution is -0.123. The van der Waals surface area contributed by atoms with Crippen molar-refractivity contribution in [1.82, 2.24) is 14.7 Å². The molecule has 144 valence electrons. The first-order chi connectivity index (χ1) is 13.6. The minimum atomic E-state index is -0.337. The summed E-state index contributed by atoms with van der Waals surface area (Å²) in [5.41, 5.74) is 7.86. The number of carbonyl (C=O) groups is 2. The summed E-state index contributed by atoms with van der Waals surface area (Å²) < 4.78 is 1.81. The highest BCUT2D eigenvalue weighted by Crippen LogP contribution is 2.29. The molecule has 0 aliphatic carbocycles. The summed E-state index contributed by atoms with van der Waals surface area (Å²) in [6.07, 6.45) is 3.34. The maximum Gasteiger partial charge on any atom is 0.257 e. The Bertz CT molecular complexity index is 966. The van der Waals surface area contributed by atoms with Crippen LogP contribution in [0.25, 0.3) is 10.6 Å². The molecule has 28 heavy (non-hydrogen) atoms. The van der Waals surface area contributed by atoms with E-state index in [4.69, 9.17) is 10.8 Å². The number of piperidine rings is 1. The monoisotopic (exact) mass is 394 g/mol. The molecule has 0 unspecified atom stereocenters. The Morgan fingerprint density at radius 3 is 2.71 bits per heavy atom. The van der Waals surface area contributed by atoms with Crippen LogP contribution in [0.3, 0.4) is 0 Å². The fraction of sp³-hybridized carbons (Fsp3) is 0.286. The molecular formula is C21H22N4O2S.